The van der Waals surface area contributed by atoms with Gasteiger partial charge in [-0.05, 0) is 52.9 Å². The third-order valence-electron chi connectivity index (χ3n) is 6.62. The molecule has 0 amide bonds. The van der Waals surface area contributed by atoms with Crippen molar-refractivity contribution in [3.05, 3.63) is 72.3 Å². The standard InChI is InChI=1S/C30H44O3Si/c1-23(19-24(2)21-26(4)29(31)32-8)20-25(3)22-33-34(30(5,6)7,27-15-11-9-12-16-27)28-17-13-10-14-18-28/h9-18,21,23-25H,19-20,22H2,1-8H3/b26-21+/t23-,24-,25+/m0/s1. The van der Waals surface area contributed by atoms with E-state index in [1.807, 2.05) is 13.0 Å². The minimum absolute atomic E-state index is 0.00817. The van der Waals surface area contributed by atoms with E-state index in [4.69, 9.17) is 9.16 Å². The first kappa shape index (κ1) is 28.1. The number of esters is 1. The molecule has 3 atom stereocenters. The molecule has 4 heteroatoms. The summed E-state index contributed by atoms with van der Waals surface area (Å²) in [4.78, 5) is 11.7. The highest BCUT2D eigenvalue weighted by Crippen LogP contribution is 2.37. The zero-order valence-electron chi connectivity index (χ0n) is 22.4. The number of methoxy groups -OCH3 is 1. The van der Waals surface area contributed by atoms with Gasteiger partial charge < -0.3 is 9.16 Å². The lowest BCUT2D eigenvalue weighted by Gasteiger charge is -2.43. The maximum absolute atomic E-state index is 11.7. The molecule has 2 aromatic rings. The second-order valence-corrected chi connectivity index (χ2v) is 15.3. The molecule has 0 unspecified atom stereocenters. The molecule has 0 aliphatic carbocycles. The van der Waals surface area contributed by atoms with Crippen LogP contribution in [0.15, 0.2) is 72.3 Å². The third-order valence-corrected chi connectivity index (χ3v) is 11.6. The summed E-state index contributed by atoms with van der Waals surface area (Å²) in [6, 6.07) is 21.7. The Kier molecular flexibility index (Phi) is 10.3. The van der Waals surface area contributed by atoms with E-state index in [9.17, 15) is 4.79 Å². The molecule has 0 bridgehead atoms. The van der Waals surface area contributed by atoms with Crippen LogP contribution in [0.25, 0.3) is 0 Å². The molecule has 0 N–H and O–H groups in total. The van der Waals surface area contributed by atoms with Crippen LogP contribution in [0, 0.1) is 17.8 Å². The average molecular weight is 481 g/mol. The van der Waals surface area contributed by atoms with Crippen molar-refractivity contribution in [2.24, 2.45) is 17.8 Å². The highest BCUT2D eigenvalue weighted by molar-refractivity contribution is 6.99. The molecule has 3 nitrogen and oxygen atoms in total. The lowest BCUT2D eigenvalue weighted by Crippen LogP contribution is -2.66. The van der Waals surface area contributed by atoms with Crippen LogP contribution in [0.2, 0.25) is 5.04 Å². The van der Waals surface area contributed by atoms with E-state index in [2.05, 4.69) is 102 Å². The zero-order valence-corrected chi connectivity index (χ0v) is 23.4. The van der Waals surface area contributed by atoms with E-state index in [0.29, 0.717) is 23.3 Å². The number of hydrogen-bond donors (Lipinski definition) is 0. The molecule has 2 rings (SSSR count). The molecule has 2 aromatic carbocycles. The Morgan fingerprint density at radius 2 is 1.38 bits per heavy atom. The second kappa shape index (κ2) is 12.5. The largest absolute Gasteiger partial charge is 0.466 e. The molecule has 0 radical (unpaired) electrons. The Morgan fingerprint density at radius 3 is 1.82 bits per heavy atom. The lowest BCUT2D eigenvalue weighted by atomic mass is 9.89. The Hall–Kier alpha value is -2.17. The molecule has 34 heavy (non-hydrogen) atoms. The quantitative estimate of drug-likeness (QED) is 0.213. The van der Waals surface area contributed by atoms with Gasteiger partial charge in [0, 0.05) is 12.2 Å². The summed E-state index contributed by atoms with van der Waals surface area (Å²) in [6.45, 7) is 16.3. The Balaban J connectivity index is 2.17. The summed E-state index contributed by atoms with van der Waals surface area (Å²) in [6.07, 6.45) is 4.16. The third kappa shape index (κ3) is 7.16. The van der Waals surface area contributed by atoms with Gasteiger partial charge in [0.05, 0.1) is 7.11 Å². The number of allylic oxidation sites excluding steroid dienone is 1. The number of carbonyl (C=O) groups excluding carboxylic acids is 1. The summed E-state index contributed by atoms with van der Waals surface area (Å²) in [5, 5.41) is 2.64. The molecular weight excluding hydrogens is 436 g/mol. The predicted octanol–water partition coefficient (Wildman–Crippen LogP) is 6.37. The van der Waals surface area contributed by atoms with Gasteiger partial charge in [-0.1, -0.05) is 108 Å². The maximum Gasteiger partial charge on any atom is 0.333 e. The molecule has 0 aliphatic heterocycles. The molecule has 186 valence electrons. The SMILES string of the molecule is COC(=O)/C(C)=C/[C@@H](C)C[C@H](C)C[C@@H](C)CO[Si](c1ccccc1)(c1ccccc1)C(C)(C)C. The van der Waals surface area contributed by atoms with E-state index in [0.717, 1.165) is 19.4 Å². The van der Waals surface area contributed by atoms with Crippen molar-refractivity contribution in [3.8, 4) is 0 Å². The van der Waals surface area contributed by atoms with Crippen LogP contribution in [-0.2, 0) is 14.0 Å². The first-order valence-corrected chi connectivity index (χ1v) is 14.4. The van der Waals surface area contributed by atoms with Crippen molar-refractivity contribution in [3.63, 3.8) is 0 Å². The first-order chi connectivity index (χ1) is 16.0. The Morgan fingerprint density at radius 1 is 0.882 bits per heavy atom. The zero-order chi connectivity index (χ0) is 25.4. The van der Waals surface area contributed by atoms with Crippen LogP contribution in [0.4, 0.5) is 0 Å². The topological polar surface area (TPSA) is 35.5 Å². The summed E-state index contributed by atoms with van der Waals surface area (Å²) < 4.78 is 11.9. The van der Waals surface area contributed by atoms with E-state index in [1.54, 1.807) is 0 Å². The summed E-state index contributed by atoms with van der Waals surface area (Å²) >= 11 is 0. The van der Waals surface area contributed by atoms with Crippen molar-refractivity contribution >= 4 is 24.7 Å². The molecule has 0 fully saturated rings. The van der Waals surface area contributed by atoms with Crippen LogP contribution in [0.3, 0.4) is 0 Å². The Labute approximate surface area is 208 Å². The van der Waals surface area contributed by atoms with E-state index < -0.39 is 8.32 Å². The minimum Gasteiger partial charge on any atom is -0.466 e. The number of ether oxygens (including phenoxy) is 1. The van der Waals surface area contributed by atoms with Crippen LogP contribution in [0.5, 0.6) is 0 Å². The molecule has 0 aliphatic rings. The van der Waals surface area contributed by atoms with Crippen LogP contribution < -0.4 is 10.4 Å². The van der Waals surface area contributed by atoms with Gasteiger partial charge in [0.25, 0.3) is 8.32 Å². The van der Waals surface area contributed by atoms with Gasteiger partial charge in [0.15, 0.2) is 0 Å². The highest BCUT2D eigenvalue weighted by Gasteiger charge is 2.50. The van der Waals surface area contributed by atoms with Gasteiger partial charge in [-0.3, -0.25) is 0 Å². The second-order valence-electron chi connectivity index (χ2n) is 11.0. The minimum atomic E-state index is -2.49. The van der Waals surface area contributed by atoms with Crippen LogP contribution in [-0.4, -0.2) is 28.0 Å². The van der Waals surface area contributed by atoms with Gasteiger partial charge >= 0.3 is 5.97 Å². The maximum atomic E-state index is 11.7. The van der Waals surface area contributed by atoms with E-state index in [1.165, 1.54) is 17.5 Å². The molecule has 0 aromatic heterocycles. The smallest absolute Gasteiger partial charge is 0.333 e. The normalized spacial score (nSPS) is 15.5. The van der Waals surface area contributed by atoms with E-state index in [-0.39, 0.29) is 11.0 Å². The van der Waals surface area contributed by atoms with Gasteiger partial charge in [-0.2, -0.15) is 0 Å². The lowest BCUT2D eigenvalue weighted by molar-refractivity contribution is -0.136. The van der Waals surface area contributed by atoms with Crippen molar-refractivity contribution in [1.29, 1.82) is 0 Å². The monoisotopic (exact) mass is 480 g/mol. The van der Waals surface area contributed by atoms with Crippen molar-refractivity contribution in [1.82, 2.24) is 0 Å². The van der Waals surface area contributed by atoms with Crippen molar-refractivity contribution in [2.45, 2.75) is 66.3 Å². The molecule has 0 heterocycles. The van der Waals surface area contributed by atoms with Gasteiger partial charge in [0.1, 0.15) is 0 Å². The fourth-order valence-electron chi connectivity index (χ4n) is 5.24. The average Bonchev–Trinajstić information content (AvgIpc) is 2.79. The van der Waals surface area contributed by atoms with Crippen molar-refractivity contribution in [2.75, 3.05) is 13.7 Å². The fourth-order valence-corrected chi connectivity index (χ4v) is 9.93. The summed E-state index contributed by atoms with van der Waals surface area (Å²) in [5.41, 5.74) is 0.685. The summed E-state index contributed by atoms with van der Waals surface area (Å²) in [5.74, 6) is 1.06. The van der Waals surface area contributed by atoms with Gasteiger partial charge in [-0.15, -0.1) is 0 Å². The van der Waals surface area contributed by atoms with Gasteiger partial charge in [-0.25, -0.2) is 4.79 Å². The van der Waals surface area contributed by atoms with Crippen LogP contribution in [0.1, 0.15) is 61.3 Å². The van der Waals surface area contributed by atoms with Crippen molar-refractivity contribution < 1.29 is 14.0 Å². The number of carbonyl (C=O) groups is 1. The molecule has 0 saturated carbocycles. The highest BCUT2D eigenvalue weighted by atomic mass is 28.4. The summed E-state index contributed by atoms with van der Waals surface area (Å²) in [7, 11) is -1.06. The number of benzene rings is 2. The fraction of sp³-hybridized carbons (Fsp3) is 0.500. The van der Waals surface area contributed by atoms with Crippen LogP contribution >= 0.6 is 0 Å². The first-order valence-electron chi connectivity index (χ1n) is 12.5. The molecular formula is C30H44O3Si. The predicted molar refractivity (Wildman–Crippen MR) is 146 cm³/mol. The van der Waals surface area contributed by atoms with E-state index >= 15 is 0 Å². The molecule has 0 saturated heterocycles. The Bertz CT molecular complexity index is 876. The number of rotatable bonds is 11. The number of hydrogen-bond acceptors (Lipinski definition) is 3. The molecule has 0 spiro atoms. The van der Waals surface area contributed by atoms with Gasteiger partial charge in [0.2, 0.25) is 0 Å².